The Kier molecular flexibility index (Phi) is 6.66. The number of rotatable bonds is 7. The number of aryl methyl sites for hydroxylation is 1. The fourth-order valence-corrected chi connectivity index (χ4v) is 5.52. The van der Waals surface area contributed by atoms with Crippen LogP contribution in [0.25, 0.3) is 0 Å². The van der Waals surface area contributed by atoms with Crippen molar-refractivity contribution in [2.24, 2.45) is 0 Å². The maximum Gasteiger partial charge on any atom is 0.271 e. The second-order valence-electron chi connectivity index (χ2n) is 6.56. The molecule has 0 bridgehead atoms. The second-order valence-corrected chi connectivity index (χ2v) is 10.8. The van der Waals surface area contributed by atoms with Crippen LogP contribution in [0.15, 0.2) is 69.1 Å². The van der Waals surface area contributed by atoms with E-state index in [-0.39, 0.29) is 15.4 Å². The number of hydrogen-bond acceptors (Lipinski definition) is 5. The molecule has 3 aromatic rings. The molecule has 152 valence electrons. The van der Waals surface area contributed by atoms with Gasteiger partial charge >= 0.3 is 0 Å². The molecule has 0 aliphatic heterocycles. The molecule has 1 unspecified atom stereocenters. The zero-order valence-electron chi connectivity index (χ0n) is 16.3. The lowest BCUT2D eigenvalue weighted by atomic mass is 10.1. The molecule has 1 aromatic heterocycles. The van der Waals surface area contributed by atoms with Crippen LogP contribution >= 0.6 is 23.1 Å². The van der Waals surface area contributed by atoms with E-state index in [4.69, 9.17) is 0 Å². The summed E-state index contributed by atoms with van der Waals surface area (Å²) in [5, 5.41) is 4.40. The molecule has 5 nitrogen and oxygen atoms in total. The van der Waals surface area contributed by atoms with E-state index in [2.05, 4.69) is 10.0 Å². The predicted octanol–water partition coefficient (Wildman–Crippen LogP) is 5.29. The molecule has 8 heteroatoms. The molecule has 0 saturated carbocycles. The average molecular weight is 447 g/mol. The summed E-state index contributed by atoms with van der Waals surface area (Å²) < 4.78 is 27.4. The maximum absolute atomic E-state index is 12.5. The SMILES string of the molecule is Cc1cccc(NC(=O)C(C)Sc2ccc(NS(=O)(=O)c3cccs3)cc2)c1C. The highest BCUT2D eigenvalue weighted by atomic mass is 32.2. The third kappa shape index (κ3) is 5.41. The van der Waals surface area contributed by atoms with Crippen molar-refractivity contribution in [1.82, 2.24) is 0 Å². The number of thioether (sulfide) groups is 1. The van der Waals surface area contributed by atoms with Crippen LogP contribution in [0.4, 0.5) is 11.4 Å². The van der Waals surface area contributed by atoms with Gasteiger partial charge in [-0.25, -0.2) is 8.42 Å². The van der Waals surface area contributed by atoms with Gasteiger partial charge in [0.1, 0.15) is 4.21 Å². The van der Waals surface area contributed by atoms with Gasteiger partial charge in [0.2, 0.25) is 5.91 Å². The second kappa shape index (κ2) is 9.02. The van der Waals surface area contributed by atoms with Gasteiger partial charge in [-0.3, -0.25) is 9.52 Å². The molecule has 0 fully saturated rings. The van der Waals surface area contributed by atoms with Gasteiger partial charge < -0.3 is 5.32 Å². The Balaban J connectivity index is 1.61. The van der Waals surface area contributed by atoms with Crippen molar-refractivity contribution < 1.29 is 13.2 Å². The number of amides is 1. The van der Waals surface area contributed by atoms with E-state index in [1.807, 2.05) is 39.0 Å². The van der Waals surface area contributed by atoms with Gasteiger partial charge in [0.05, 0.1) is 5.25 Å². The minimum atomic E-state index is -3.56. The topological polar surface area (TPSA) is 75.3 Å². The zero-order chi connectivity index (χ0) is 21.0. The molecule has 3 rings (SSSR count). The molecule has 0 aliphatic rings. The maximum atomic E-state index is 12.5. The lowest BCUT2D eigenvalue weighted by molar-refractivity contribution is -0.115. The number of carbonyl (C=O) groups is 1. The van der Waals surface area contributed by atoms with Gasteiger partial charge in [-0.1, -0.05) is 18.2 Å². The van der Waals surface area contributed by atoms with Crippen LogP contribution in [0, 0.1) is 13.8 Å². The van der Waals surface area contributed by atoms with Crippen LogP contribution in [0.3, 0.4) is 0 Å². The largest absolute Gasteiger partial charge is 0.325 e. The summed E-state index contributed by atoms with van der Waals surface area (Å²) in [6, 6.07) is 16.1. The van der Waals surface area contributed by atoms with Crippen LogP contribution < -0.4 is 10.0 Å². The molecule has 0 spiro atoms. The molecular weight excluding hydrogens is 424 g/mol. The highest BCUT2D eigenvalue weighted by Gasteiger charge is 2.17. The molecule has 0 radical (unpaired) electrons. The van der Waals surface area contributed by atoms with E-state index in [0.717, 1.165) is 21.7 Å². The molecule has 29 heavy (non-hydrogen) atoms. The van der Waals surface area contributed by atoms with Gasteiger partial charge in [-0.2, -0.15) is 0 Å². The van der Waals surface area contributed by atoms with E-state index in [9.17, 15) is 13.2 Å². The summed E-state index contributed by atoms with van der Waals surface area (Å²) in [6.45, 7) is 5.84. The first-order valence-electron chi connectivity index (χ1n) is 8.96. The molecule has 0 saturated heterocycles. The minimum Gasteiger partial charge on any atom is -0.325 e. The summed E-state index contributed by atoms with van der Waals surface area (Å²) >= 11 is 2.59. The van der Waals surface area contributed by atoms with Crippen molar-refractivity contribution in [1.29, 1.82) is 0 Å². The van der Waals surface area contributed by atoms with Gasteiger partial charge in [-0.05, 0) is 73.7 Å². The Hall–Kier alpha value is -2.29. The van der Waals surface area contributed by atoms with E-state index in [1.165, 1.54) is 23.1 Å². The summed E-state index contributed by atoms with van der Waals surface area (Å²) in [7, 11) is -3.56. The summed E-state index contributed by atoms with van der Waals surface area (Å²) in [4.78, 5) is 13.4. The monoisotopic (exact) mass is 446 g/mol. The van der Waals surface area contributed by atoms with Gasteiger partial charge in [0, 0.05) is 16.3 Å². The first-order chi connectivity index (χ1) is 13.8. The van der Waals surface area contributed by atoms with Crippen LogP contribution in [-0.4, -0.2) is 19.6 Å². The average Bonchev–Trinajstić information content (AvgIpc) is 3.22. The zero-order valence-corrected chi connectivity index (χ0v) is 18.7. The lowest BCUT2D eigenvalue weighted by Crippen LogP contribution is -2.22. The molecule has 2 aromatic carbocycles. The van der Waals surface area contributed by atoms with Crippen LogP contribution in [0.2, 0.25) is 0 Å². The van der Waals surface area contributed by atoms with Crippen molar-refractivity contribution >= 4 is 50.4 Å². The summed E-state index contributed by atoms with van der Waals surface area (Å²) in [5.74, 6) is -0.0776. The smallest absolute Gasteiger partial charge is 0.271 e. The fourth-order valence-electron chi connectivity index (χ4n) is 2.60. The number of anilines is 2. The number of benzene rings is 2. The minimum absolute atomic E-state index is 0.0776. The lowest BCUT2D eigenvalue weighted by Gasteiger charge is -2.15. The van der Waals surface area contributed by atoms with Crippen molar-refractivity contribution in [2.75, 3.05) is 10.0 Å². The Bertz CT molecular complexity index is 1090. The van der Waals surface area contributed by atoms with Crippen LogP contribution in [-0.2, 0) is 14.8 Å². The Morgan fingerprint density at radius 1 is 1.03 bits per heavy atom. The number of thiophene rings is 1. The standard InChI is InChI=1S/C21H22N2O3S3/c1-14-6-4-7-19(15(14)2)22-21(24)16(3)28-18-11-9-17(10-12-18)23-29(25,26)20-8-5-13-27-20/h4-13,16,23H,1-3H3,(H,22,24). The van der Waals surface area contributed by atoms with E-state index in [0.29, 0.717) is 5.69 Å². The van der Waals surface area contributed by atoms with Crippen LogP contribution in [0.1, 0.15) is 18.1 Å². The third-order valence-electron chi connectivity index (χ3n) is 4.41. The highest BCUT2D eigenvalue weighted by molar-refractivity contribution is 8.00. The van der Waals surface area contributed by atoms with E-state index >= 15 is 0 Å². The molecule has 1 atom stereocenters. The Labute approximate surface area is 179 Å². The quantitative estimate of drug-likeness (QED) is 0.484. The van der Waals surface area contributed by atoms with Gasteiger partial charge in [0.15, 0.2) is 0 Å². The molecule has 1 amide bonds. The van der Waals surface area contributed by atoms with Gasteiger partial charge in [0.25, 0.3) is 10.0 Å². The first kappa shape index (κ1) is 21.4. The molecule has 0 aliphatic carbocycles. The Morgan fingerprint density at radius 3 is 2.41 bits per heavy atom. The fraction of sp³-hybridized carbons (Fsp3) is 0.190. The molecule has 1 heterocycles. The van der Waals surface area contributed by atoms with Crippen molar-refractivity contribution in [2.45, 2.75) is 35.1 Å². The highest BCUT2D eigenvalue weighted by Crippen LogP contribution is 2.27. The normalized spacial score (nSPS) is 12.4. The summed E-state index contributed by atoms with van der Waals surface area (Å²) in [6.07, 6.45) is 0. The Morgan fingerprint density at radius 2 is 1.76 bits per heavy atom. The number of hydrogen-bond donors (Lipinski definition) is 2. The van der Waals surface area contributed by atoms with Crippen molar-refractivity contribution in [3.63, 3.8) is 0 Å². The summed E-state index contributed by atoms with van der Waals surface area (Å²) in [5.41, 5.74) is 3.49. The van der Waals surface area contributed by atoms with Crippen LogP contribution in [0.5, 0.6) is 0 Å². The van der Waals surface area contributed by atoms with Gasteiger partial charge in [-0.15, -0.1) is 23.1 Å². The molecular formula is C21H22N2O3S3. The van der Waals surface area contributed by atoms with Crippen molar-refractivity contribution in [3.05, 3.63) is 71.1 Å². The number of sulfonamides is 1. The predicted molar refractivity (Wildman–Crippen MR) is 121 cm³/mol. The van der Waals surface area contributed by atoms with Crippen molar-refractivity contribution in [3.8, 4) is 0 Å². The first-order valence-corrected chi connectivity index (χ1v) is 12.2. The van der Waals surface area contributed by atoms with E-state index in [1.54, 1.807) is 41.8 Å². The number of nitrogens with one attached hydrogen (secondary N) is 2. The molecule has 2 N–H and O–H groups in total. The number of carbonyl (C=O) groups excluding carboxylic acids is 1. The van der Waals surface area contributed by atoms with E-state index < -0.39 is 10.0 Å². The third-order valence-corrected chi connectivity index (χ3v) is 8.30.